The summed E-state index contributed by atoms with van der Waals surface area (Å²) < 4.78 is 0. The molecule has 0 aromatic heterocycles. The Morgan fingerprint density at radius 1 is 0.475 bits per heavy atom. The third-order valence-corrected chi connectivity index (χ3v) is 10.6. The highest BCUT2D eigenvalue weighted by atomic mass is 32.2. The first-order valence-electron chi connectivity index (χ1n) is 13.9. The van der Waals surface area contributed by atoms with Crippen LogP contribution in [-0.4, -0.2) is 32.7 Å². The first kappa shape index (κ1) is 25.6. The lowest BCUT2D eigenvalue weighted by atomic mass is 9.85. The minimum Gasteiger partial charge on any atom is -0.271 e. The molecular weight excluding hydrogens is 525 g/mol. The predicted molar refractivity (Wildman–Crippen MR) is 178 cm³/mol. The van der Waals surface area contributed by atoms with Crippen molar-refractivity contribution in [3.8, 4) is 22.3 Å². The Bertz CT molecular complexity index is 1670. The molecule has 0 unspecified atom stereocenters. The van der Waals surface area contributed by atoms with Gasteiger partial charge in [0.1, 0.15) is 0 Å². The number of hydrogen-bond donors (Lipinski definition) is 0. The first-order valence-corrected chi connectivity index (χ1v) is 15.9. The molecule has 0 saturated heterocycles. The van der Waals surface area contributed by atoms with Gasteiger partial charge in [-0.3, -0.25) is 9.98 Å². The molecule has 0 saturated carbocycles. The van der Waals surface area contributed by atoms with Gasteiger partial charge in [-0.25, -0.2) is 0 Å². The highest BCUT2D eigenvalue weighted by Crippen LogP contribution is 2.44. The number of thioether (sulfide) groups is 2. The monoisotopic (exact) mass is 556 g/mol. The van der Waals surface area contributed by atoms with Gasteiger partial charge in [0, 0.05) is 22.6 Å². The van der Waals surface area contributed by atoms with Crippen LogP contribution in [0.3, 0.4) is 0 Å². The maximum absolute atomic E-state index is 5.02. The highest BCUT2D eigenvalue weighted by Gasteiger charge is 2.27. The van der Waals surface area contributed by atoms with Gasteiger partial charge in [-0.15, -0.1) is 23.5 Å². The van der Waals surface area contributed by atoms with E-state index < -0.39 is 0 Å². The summed E-state index contributed by atoms with van der Waals surface area (Å²) in [5, 5.41) is 7.37. The second-order valence-electron chi connectivity index (χ2n) is 12.0. The topological polar surface area (TPSA) is 24.7 Å². The Morgan fingerprint density at radius 2 is 0.825 bits per heavy atom. The van der Waals surface area contributed by atoms with E-state index in [1.165, 1.54) is 54.9 Å². The normalized spacial score (nSPS) is 17.8. The van der Waals surface area contributed by atoms with E-state index in [0.29, 0.717) is 0 Å². The van der Waals surface area contributed by atoms with E-state index in [0.717, 1.165) is 21.6 Å². The van der Waals surface area contributed by atoms with Crippen molar-refractivity contribution in [2.24, 2.45) is 9.98 Å². The summed E-state index contributed by atoms with van der Waals surface area (Å²) in [5.74, 6) is 2.04. The van der Waals surface area contributed by atoms with Crippen LogP contribution in [0.25, 0.3) is 43.8 Å². The molecule has 5 aromatic rings. The van der Waals surface area contributed by atoms with Crippen molar-refractivity contribution in [3.63, 3.8) is 0 Å². The largest absolute Gasteiger partial charge is 0.271 e. The van der Waals surface area contributed by atoms with E-state index in [1.807, 2.05) is 23.5 Å². The van der Waals surface area contributed by atoms with Gasteiger partial charge in [0.05, 0.1) is 21.2 Å². The first-order chi connectivity index (χ1) is 19.3. The Labute approximate surface area is 245 Å². The fraction of sp³-hybridized carbons (Fsp3) is 0.222. The summed E-state index contributed by atoms with van der Waals surface area (Å²) in [5.41, 5.74) is 7.43. The minimum atomic E-state index is -0.0100. The van der Waals surface area contributed by atoms with Crippen LogP contribution in [0, 0.1) is 0 Å². The van der Waals surface area contributed by atoms with E-state index in [4.69, 9.17) is 9.98 Å². The van der Waals surface area contributed by atoms with Crippen LogP contribution in [-0.2, 0) is 0 Å². The van der Waals surface area contributed by atoms with Gasteiger partial charge < -0.3 is 0 Å². The zero-order valence-electron chi connectivity index (χ0n) is 23.4. The summed E-state index contributed by atoms with van der Waals surface area (Å²) in [7, 11) is 0. The van der Waals surface area contributed by atoms with Crippen LogP contribution in [0.15, 0.2) is 107 Å². The molecule has 0 N–H and O–H groups in total. The zero-order chi connectivity index (χ0) is 27.5. The zero-order valence-corrected chi connectivity index (χ0v) is 25.0. The molecule has 7 rings (SSSR count). The van der Waals surface area contributed by atoms with Crippen LogP contribution < -0.4 is 0 Å². The van der Waals surface area contributed by atoms with Gasteiger partial charge in [0.15, 0.2) is 0 Å². The number of aliphatic imine (C=N–C) groups is 2. The highest BCUT2D eigenvalue weighted by molar-refractivity contribution is 8.15. The van der Waals surface area contributed by atoms with Crippen LogP contribution in [0.2, 0.25) is 0 Å². The lowest BCUT2D eigenvalue weighted by molar-refractivity contribution is 0.605. The molecule has 0 spiro atoms. The van der Waals surface area contributed by atoms with Crippen LogP contribution in [0.4, 0.5) is 0 Å². The van der Waals surface area contributed by atoms with E-state index >= 15 is 0 Å². The van der Waals surface area contributed by atoms with Crippen molar-refractivity contribution >= 4 is 55.2 Å². The van der Waals surface area contributed by atoms with Gasteiger partial charge in [-0.2, -0.15) is 0 Å². The summed E-state index contributed by atoms with van der Waals surface area (Å²) >= 11 is 3.73. The van der Waals surface area contributed by atoms with Crippen LogP contribution >= 0.6 is 23.5 Å². The average molecular weight is 557 g/mol. The van der Waals surface area contributed by atoms with E-state index in [9.17, 15) is 0 Å². The molecule has 198 valence electrons. The van der Waals surface area contributed by atoms with Crippen LogP contribution in [0.5, 0.6) is 0 Å². The number of fused-ring (bicyclic) bond motifs is 2. The number of nitrogens with zero attached hydrogens (tertiary/aromatic N) is 2. The summed E-state index contributed by atoms with van der Waals surface area (Å²) in [6.45, 7) is 8.85. The fourth-order valence-electron chi connectivity index (χ4n) is 5.83. The predicted octanol–water partition coefficient (Wildman–Crippen LogP) is 9.87. The quantitative estimate of drug-likeness (QED) is 0.206. The van der Waals surface area contributed by atoms with Crippen molar-refractivity contribution < 1.29 is 0 Å². The van der Waals surface area contributed by atoms with E-state index in [-0.39, 0.29) is 11.1 Å². The van der Waals surface area contributed by atoms with Crippen molar-refractivity contribution in [2.45, 2.75) is 38.8 Å². The van der Waals surface area contributed by atoms with Gasteiger partial charge in [-0.1, -0.05) is 84.9 Å². The second-order valence-corrected chi connectivity index (χ2v) is 14.0. The molecule has 5 aromatic carbocycles. The molecule has 2 heterocycles. The summed E-state index contributed by atoms with van der Waals surface area (Å²) in [6, 6.07) is 35.7. The smallest absolute Gasteiger partial charge is 0.0984 e. The van der Waals surface area contributed by atoms with Gasteiger partial charge in [-0.05, 0) is 83.6 Å². The fourth-order valence-corrected chi connectivity index (χ4v) is 8.15. The molecule has 0 radical (unpaired) electrons. The third kappa shape index (κ3) is 4.57. The van der Waals surface area contributed by atoms with Crippen molar-refractivity contribution in [2.75, 3.05) is 11.5 Å². The molecule has 2 aliphatic rings. The Hall–Kier alpha value is -3.34. The molecule has 0 amide bonds. The maximum atomic E-state index is 5.02. The summed E-state index contributed by atoms with van der Waals surface area (Å²) in [4.78, 5) is 10.0. The number of benzene rings is 5. The molecule has 40 heavy (non-hydrogen) atoms. The third-order valence-electron chi connectivity index (χ3n) is 7.66. The number of rotatable bonds is 4. The van der Waals surface area contributed by atoms with Crippen LogP contribution in [0.1, 0.15) is 38.8 Å². The van der Waals surface area contributed by atoms with E-state index in [1.54, 1.807) is 0 Å². The minimum absolute atomic E-state index is 0.0100. The van der Waals surface area contributed by atoms with Gasteiger partial charge in [0.2, 0.25) is 0 Å². The van der Waals surface area contributed by atoms with Crippen molar-refractivity contribution in [3.05, 3.63) is 108 Å². The van der Waals surface area contributed by atoms with Gasteiger partial charge >= 0.3 is 0 Å². The molecule has 0 fully saturated rings. The lowest BCUT2D eigenvalue weighted by Crippen LogP contribution is -2.15. The Kier molecular flexibility index (Phi) is 6.17. The van der Waals surface area contributed by atoms with Crippen molar-refractivity contribution in [1.29, 1.82) is 0 Å². The maximum Gasteiger partial charge on any atom is 0.0984 e. The van der Waals surface area contributed by atoms with Gasteiger partial charge in [0.25, 0.3) is 0 Å². The number of hydrogen-bond acceptors (Lipinski definition) is 4. The average Bonchev–Trinajstić information content (AvgIpc) is 3.52. The molecule has 2 nitrogen and oxygen atoms in total. The molecule has 0 atom stereocenters. The molecule has 0 bridgehead atoms. The van der Waals surface area contributed by atoms with Crippen molar-refractivity contribution in [1.82, 2.24) is 0 Å². The van der Waals surface area contributed by atoms with E-state index in [2.05, 4.69) is 125 Å². The molecular formula is C36H32N2S2. The Morgan fingerprint density at radius 3 is 1.15 bits per heavy atom. The lowest BCUT2D eigenvalue weighted by Gasteiger charge is -2.18. The second kappa shape index (κ2) is 9.64. The Balaban J connectivity index is 1.46. The SMILES string of the molecule is CC1(C)CSC(c2cccc(-c3c4ccccc4c(-c4cccc(C5=NC(C)(C)CS5)c4)c4ccccc34)c2)=N1. The molecule has 4 heteroatoms. The standard InChI is InChI=1S/C36H32N2S2/c1-35(2)21-39-33(37-35)25-13-9-11-23(19-25)31-27-15-5-7-17-29(27)32(30-18-8-6-16-28(30)31)24-12-10-14-26(20-24)34-38-36(3,4)22-40-34/h5-20H,21-22H2,1-4H3. The molecule has 0 aliphatic carbocycles. The molecule has 2 aliphatic heterocycles. The summed E-state index contributed by atoms with van der Waals surface area (Å²) in [6.07, 6.45) is 0.